The number of carbonyl (C=O) groups excluding carboxylic acids is 1. The summed E-state index contributed by atoms with van der Waals surface area (Å²) in [4.78, 5) is 12.3. The molecule has 0 amide bonds. The van der Waals surface area contributed by atoms with Crippen molar-refractivity contribution < 1.29 is 19.0 Å². The van der Waals surface area contributed by atoms with E-state index in [0.717, 1.165) is 19.3 Å². The van der Waals surface area contributed by atoms with E-state index in [-0.39, 0.29) is 24.1 Å². The van der Waals surface area contributed by atoms with Crippen molar-refractivity contribution in [3.8, 4) is 0 Å². The highest BCUT2D eigenvalue weighted by Crippen LogP contribution is 2.32. The van der Waals surface area contributed by atoms with Crippen molar-refractivity contribution in [2.75, 3.05) is 6.61 Å². The maximum absolute atomic E-state index is 12.3. The largest absolute Gasteiger partial charge is 0.453 e. The second-order valence-electron chi connectivity index (χ2n) is 5.85. The van der Waals surface area contributed by atoms with Gasteiger partial charge in [-0.25, -0.2) is 4.79 Å². The van der Waals surface area contributed by atoms with Crippen LogP contribution in [-0.2, 0) is 14.2 Å². The van der Waals surface area contributed by atoms with Crippen LogP contribution >= 0.6 is 0 Å². The SMILES string of the molecule is C=CCCCOC1OC(CC)C(C)C1OC(=O)c1ccccc1. The Kier molecular flexibility index (Phi) is 6.81. The lowest BCUT2D eigenvalue weighted by atomic mass is 9.99. The van der Waals surface area contributed by atoms with E-state index in [1.807, 2.05) is 31.2 Å². The van der Waals surface area contributed by atoms with E-state index in [1.165, 1.54) is 0 Å². The smallest absolute Gasteiger partial charge is 0.338 e. The van der Waals surface area contributed by atoms with Crippen LogP contribution in [0.1, 0.15) is 43.5 Å². The topological polar surface area (TPSA) is 44.8 Å². The maximum Gasteiger partial charge on any atom is 0.338 e. The van der Waals surface area contributed by atoms with Gasteiger partial charge in [-0.05, 0) is 31.4 Å². The Hall–Kier alpha value is -1.65. The summed E-state index contributed by atoms with van der Waals surface area (Å²) < 4.78 is 17.4. The van der Waals surface area contributed by atoms with Crippen molar-refractivity contribution in [3.05, 3.63) is 48.6 Å². The third kappa shape index (κ3) is 4.66. The second kappa shape index (κ2) is 8.85. The monoisotopic (exact) mass is 318 g/mol. The van der Waals surface area contributed by atoms with Crippen molar-refractivity contribution in [2.45, 2.75) is 51.6 Å². The van der Waals surface area contributed by atoms with E-state index in [9.17, 15) is 4.79 Å². The average Bonchev–Trinajstić information content (AvgIpc) is 2.88. The lowest BCUT2D eigenvalue weighted by Crippen LogP contribution is -2.33. The molecule has 0 N–H and O–H groups in total. The molecule has 2 rings (SSSR count). The van der Waals surface area contributed by atoms with E-state index in [2.05, 4.69) is 13.5 Å². The highest BCUT2D eigenvalue weighted by molar-refractivity contribution is 5.89. The molecule has 1 aliphatic rings. The van der Waals surface area contributed by atoms with Crippen LogP contribution < -0.4 is 0 Å². The molecule has 0 saturated carbocycles. The van der Waals surface area contributed by atoms with Crippen LogP contribution in [0.5, 0.6) is 0 Å². The third-order valence-corrected chi connectivity index (χ3v) is 4.17. The Morgan fingerprint density at radius 1 is 1.35 bits per heavy atom. The summed E-state index contributed by atoms with van der Waals surface area (Å²) in [5, 5.41) is 0. The molecule has 126 valence electrons. The van der Waals surface area contributed by atoms with Crippen molar-refractivity contribution in [2.24, 2.45) is 5.92 Å². The normalized spacial score (nSPS) is 26.9. The molecule has 4 atom stereocenters. The Labute approximate surface area is 138 Å². The standard InChI is InChI=1S/C19H26O4/c1-4-6-10-13-21-19-17(14(3)16(5-2)22-19)23-18(20)15-11-8-7-9-12-15/h4,7-9,11-12,14,16-17,19H,1,5-6,10,13H2,2-3H3. The van der Waals surface area contributed by atoms with Crippen LogP contribution in [0.4, 0.5) is 0 Å². The Bertz CT molecular complexity index is 499. The summed E-state index contributed by atoms with van der Waals surface area (Å²) >= 11 is 0. The molecule has 1 aliphatic heterocycles. The van der Waals surface area contributed by atoms with Crippen LogP contribution in [-0.4, -0.2) is 31.1 Å². The van der Waals surface area contributed by atoms with Crippen LogP contribution in [0.2, 0.25) is 0 Å². The Morgan fingerprint density at radius 2 is 2.09 bits per heavy atom. The van der Waals surface area contributed by atoms with Gasteiger partial charge >= 0.3 is 5.97 Å². The number of unbranched alkanes of at least 4 members (excludes halogenated alkanes) is 1. The maximum atomic E-state index is 12.3. The first-order valence-electron chi connectivity index (χ1n) is 8.31. The minimum absolute atomic E-state index is 0.0491. The molecule has 1 saturated heterocycles. The highest BCUT2D eigenvalue weighted by Gasteiger charge is 2.44. The molecule has 0 radical (unpaired) electrons. The van der Waals surface area contributed by atoms with Gasteiger partial charge in [-0.3, -0.25) is 0 Å². The van der Waals surface area contributed by atoms with Crippen molar-refractivity contribution in [1.29, 1.82) is 0 Å². The van der Waals surface area contributed by atoms with E-state index in [1.54, 1.807) is 12.1 Å². The molecule has 4 nitrogen and oxygen atoms in total. The first-order chi connectivity index (χ1) is 11.2. The zero-order valence-corrected chi connectivity index (χ0v) is 13.9. The molecule has 4 heteroatoms. The van der Waals surface area contributed by atoms with Crippen molar-refractivity contribution in [3.63, 3.8) is 0 Å². The number of hydrogen-bond acceptors (Lipinski definition) is 4. The third-order valence-electron chi connectivity index (χ3n) is 4.17. The van der Waals surface area contributed by atoms with Gasteiger partial charge in [-0.15, -0.1) is 6.58 Å². The Morgan fingerprint density at radius 3 is 2.74 bits per heavy atom. The number of rotatable bonds is 8. The Balaban J connectivity index is 1.99. The van der Waals surface area contributed by atoms with Crippen molar-refractivity contribution in [1.82, 2.24) is 0 Å². The summed E-state index contributed by atoms with van der Waals surface area (Å²) in [7, 11) is 0. The fourth-order valence-corrected chi connectivity index (χ4v) is 2.79. The average molecular weight is 318 g/mol. The van der Waals surface area contributed by atoms with Crippen LogP contribution in [0, 0.1) is 5.92 Å². The predicted octanol–water partition coefficient (Wildman–Crippen LogP) is 3.97. The lowest BCUT2D eigenvalue weighted by molar-refractivity contribution is -0.166. The quantitative estimate of drug-likeness (QED) is 0.413. The molecule has 1 aromatic carbocycles. The fraction of sp³-hybridized carbons (Fsp3) is 0.526. The summed E-state index contributed by atoms with van der Waals surface area (Å²) in [6.07, 6.45) is 3.69. The summed E-state index contributed by atoms with van der Waals surface area (Å²) in [6.45, 7) is 8.38. The zero-order chi connectivity index (χ0) is 16.7. The summed E-state index contributed by atoms with van der Waals surface area (Å²) in [5.41, 5.74) is 0.546. The van der Waals surface area contributed by atoms with E-state index < -0.39 is 6.29 Å². The van der Waals surface area contributed by atoms with Gasteiger partial charge < -0.3 is 14.2 Å². The summed E-state index contributed by atoms with van der Waals surface area (Å²) in [6, 6.07) is 9.02. The van der Waals surface area contributed by atoms with E-state index in [0.29, 0.717) is 12.2 Å². The highest BCUT2D eigenvalue weighted by atomic mass is 16.7. The molecule has 4 unspecified atom stereocenters. The van der Waals surface area contributed by atoms with Crippen LogP contribution in [0.15, 0.2) is 43.0 Å². The van der Waals surface area contributed by atoms with E-state index in [4.69, 9.17) is 14.2 Å². The zero-order valence-electron chi connectivity index (χ0n) is 13.9. The van der Waals surface area contributed by atoms with Crippen LogP contribution in [0.3, 0.4) is 0 Å². The van der Waals surface area contributed by atoms with E-state index >= 15 is 0 Å². The van der Waals surface area contributed by atoms with Gasteiger partial charge in [0.1, 0.15) is 0 Å². The number of benzene rings is 1. The van der Waals surface area contributed by atoms with Gasteiger partial charge in [-0.1, -0.05) is 38.1 Å². The van der Waals surface area contributed by atoms with Gasteiger partial charge in [0.2, 0.25) is 0 Å². The molecule has 0 spiro atoms. The van der Waals surface area contributed by atoms with Gasteiger partial charge in [-0.2, -0.15) is 0 Å². The van der Waals surface area contributed by atoms with Gasteiger partial charge in [0.15, 0.2) is 12.4 Å². The number of allylic oxidation sites excluding steroid dienone is 1. The number of carbonyl (C=O) groups is 1. The van der Waals surface area contributed by atoms with Gasteiger partial charge in [0.05, 0.1) is 18.3 Å². The molecule has 0 aliphatic carbocycles. The number of hydrogen-bond donors (Lipinski definition) is 0. The first kappa shape index (κ1) is 17.7. The molecule has 0 aromatic heterocycles. The lowest BCUT2D eigenvalue weighted by Gasteiger charge is -2.21. The molecule has 23 heavy (non-hydrogen) atoms. The minimum atomic E-state index is -0.493. The van der Waals surface area contributed by atoms with Crippen LogP contribution in [0.25, 0.3) is 0 Å². The number of ether oxygens (including phenoxy) is 3. The fourth-order valence-electron chi connectivity index (χ4n) is 2.79. The summed E-state index contributed by atoms with van der Waals surface area (Å²) in [5.74, 6) is -0.223. The predicted molar refractivity (Wildman–Crippen MR) is 89.1 cm³/mol. The molecule has 0 bridgehead atoms. The molecule has 1 fully saturated rings. The van der Waals surface area contributed by atoms with Gasteiger partial charge in [0, 0.05) is 5.92 Å². The minimum Gasteiger partial charge on any atom is -0.453 e. The van der Waals surface area contributed by atoms with Gasteiger partial charge in [0.25, 0.3) is 0 Å². The number of esters is 1. The molecular formula is C19H26O4. The molecule has 1 aromatic rings. The first-order valence-corrected chi connectivity index (χ1v) is 8.31. The van der Waals surface area contributed by atoms with Crippen molar-refractivity contribution >= 4 is 5.97 Å². The second-order valence-corrected chi connectivity index (χ2v) is 5.85. The molecular weight excluding hydrogens is 292 g/mol. The molecule has 1 heterocycles.